The van der Waals surface area contributed by atoms with Gasteiger partial charge in [0.1, 0.15) is 0 Å². The van der Waals surface area contributed by atoms with Crippen molar-refractivity contribution in [2.75, 3.05) is 19.8 Å². The van der Waals surface area contributed by atoms with Gasteiger partial charge in [-0.15, -0.1) is 0 Å². The van der Waals surface area contributed by atoms with Crippen LogP contribution in [0.25, 0.3) is 0 Å². The van der Waals surface area contributed by atoms with Crippen LogP contribution in [0.4, 0.5) is 0 Å². The fourth-order valence-electron chi connectivity index (χ4n) is 1.66. The first-order chi connectivity index (χ1) is 9.52. The van der Waals surface area contributed by atoms with E-state index in [2.05, 4.69) is 5.32 Å². The Kier molecular flexibility index (Phi) is 7.92. The van der Waals surface area contributed by atoms with Gasteiger partial charge in [0, 0.05) is 36.2 Å². The van der Waals surface area contributed by atoms with Gasteiger partial charge in [0.25, 0.3) is 0 Å². The van der Waals surface area contributed by atoms with Crippen molar-refractivity contribution < 1.29 is 14.6 Å². The summed E-state index contributed by atoms with van der Waals surface area (Å²) in [7, 11) is 0. The third-order valence-electron chi connectivity index (χ3n) is 2.66. The van der Waals surface area contributed by atoms with E-state index in [4.69, 9.17) is 27.9 Å². The van der Waals surface area contributed by atoms with Crippen LogP contribution in [0.5, 0.6) is 0 Å². The smallest absolute Gasteiger partial charge is 0.220 e. The number of carbonyl (C=O) groups excluding carboxylic acids is 1. The van der Waals surface area contributed by atoms with E-state index in [-0.39, 0.29) is 12.5 Å². The summed E-state index contributed by atoms with van der Waals surface area (Å²) in [6.07, 6.45) is 0.212. The number of hydrogen-bond donors (Lipinski definition) is 2. The summed E-state index contributed by atoms with van der Waals surface area (Å²) >= 11 is 11.7. The number of rotatable bonds is 8. The van der Waals surface area contributed by atoms with Crippen molar-refractivity contribution in [2.45, 2.75) is 25.9 Å². The number of aliphatic hydroxyl groups excluding tert-OH is 1. The minimum absolute atomic E-state index is 0.114. The van der Waals surface area contributed by atoms with E-state index in [1.807, 2.05) is 6.92 Å². The number of carbonyl (C=O) groups is 1. The van der Waals surface area contributed by atoms with E-state index < -0.39 is 6.10 Å². The molecule has 1 aromatic carbocycles. The number of aliphatic hydroxyl groups is 1. The molecule has 1 rings (SSSR count). The van der Waals surface area contributed by atoms with Crippen LogP contribution in [0.1, 0.15) is 31.4 Å². The van der Waals surface area contributed by atoms with Gasteiger partial charge < -0.3 is 15.2 Å². The molecule has 112 valence electrons. The molecule has 1 atom stereocenters. The van der Waals surface area contributed by atoms with E-state index in [1.54, 1.807) is 18.2 Å². The summed E-state index contributed by atoms with van der Waals surface area (Å²) in [6, 6.07) is 4.84. The molecule has 0 aliphatic rings. The molecule has 0 aliphatic carbocycles. The van der Waals surface area contributed by atoms with Crippen molar-refractivity contribution in [3.63, 3.8) is 0 Å². The number of benzene rings is 1. The highest BCUT2D eigenvalue weighted by molar-refractivity contribution is 6.34. The standard InChI is InChI=1S/C14H19Cl2NO3/c1-2-20-5-3-4-14(19)17-9-13(18)10-6-11(15)8-12(16)7-10/h6-8,13,18H,2-5,9H2,1H3,(H,17,19)/t13-/m1/s1. The Morgan fingerprint density at radius 3 is 2.60 bits per heavy atom. The Balaban J connectivity index is 2.35. The number of ether oxygens (including phenoxy) is 1. The summed E-state index contributed by atoms with van der Waals surface area (Å²) in [5, 5.41) is 13.5. The van der Waals surface area contributed by atoms with Gasteiger partial charge in [-0.25, -0.2) is 0 Å². The Morgan fingerprint density at radius 2 is 2.00 bits per heavy atom. The zero-order valence-electron chi connectivity index (χ0n) is 11.4. The maximum absolute atomic E-state index is 11.5. The first-order valence-electron chi connectivity index (χ1n) is 6.51. The molecule has 0 heterocycles. The molecule has 0 fully saturated rings. The van der Waals surface area contributed by atoms with Crippen molar-refractivity contribution >= 4 is 29.1 Å². The van der Waals surface area contributed by atoms with Gasteiger partial charge in [-0.3, -0.25) is 4.79 Å². The van der Waals surface area contributed by atoms with Gasteiger partial charge in [0.15, 0.2) is 0 Å². The number of nitrogens with one attached hydrogen (secondary N) is 1. The molecule has 20 heavy (non-hydrogen) atoms. The van der Waals surface area contributed by atoms with Crippen LogP contribution in [-0.2, 0) is 9.53 Å². The summed E-state index contributed by atoms with van der Waals surface area (Å²) in [5.41, 5.74) is 0.581. The lowest BCUT2D eigenvalue weighted by atomic mass is 10.1. The lowest BCUT2D eigenvalue weighted by Gasteiger charge is -2.13. The van der Waals surface area contributed by atoms with Crippen LogP contribution in [0, 0.1) is 0 Å². The van der Waals surface area contributed by atoms with Gasteiger partial charge in [-0.2, -0.15) is 0 Å². The minimum atomic E-state index is -0.831. The summed E-state index contributed by atoms with van der Waals surface area (Å²) in [4.78, 5) is 11.5. The van der Waals surface area contributed by atoms with Gasteiger partial charge in [0.05, 0.1) is 6.10 Å². The first kappa shape index (κ1) is 17.2. The molecule has 4 nitrogen and oxygen atoms in total. The molecule has 1 aromatic rings. The average Bonchev–Trinajstić information content (AvgIpc) is 2.40. The van der Waals surface area contributed by atoms with Crippen LogP contribution in [0.15, 0.2) is 18.2 Å². The van der Waals surface area contributed by atoms with Crippen molar-refractivity contribution in [2.24, 2.45) is 0 Å². The maximum Gasteiger partial charge on any atom is 0.220 e. The highest BCUT2D eigenvalue weighted by Gasteiger charge is 2.11. The zero-order chi connectivity index (χ0) is 15.0. The van der Waals surface area contributed by atoms with Gasteiger partial charge in [0.2, 0.25) is 5.91 Å². The van der Waals surface area contributed by atoms with E-state index >= 15 is 0 Å². The Labute approximate surface area is 129 Å². The number of halogens is 2. The fraction of sp³-hybridized carbons (Fsp3) is 0.500. The zero-order valence-corrected chi connectivity index (χ0v) is 12.9. The van der Waals surface area contributed by atoms with Crippen molar-refractivity contribution in [3.05, 3.63) is 33.8 Å². The van der Waals surface area contributed by atoms with E-state index in [0.29, 0.717) is 41.7 Å². The normalized spacial score (nSPS) is 12.2. The second-order valence-electron chi connectivity index (χ2n) is 4.32. The molecular weight excluding hydrogens is 301 g/mol. The maximum atomic E-state index is 11.5. The van der Waals surface area contributed by atoms with Crippen molar-refractivity contribution in [1.29, 1.82) is 0 Å². The molecule has 0 bridgehead atoms. The van der Waals surface area contributed by atoms with Crippen LogP contribution >= 0.6 is 23.2 Å². The Hall–Kier alpha value is -0.810. The molecule has 1 amide bonds. The number of hydrogen-bond acceptors (Lipinski definition) is 3. The van der Waals surface area contributed by atoms with Gasteiger partial charge in [-0.05, 0) is 37.1 Å². The van der Waals surface area contributed by atoms with Gasteiger partial charge in [-0.1, -0.05) is 23.2 Å². The third-order valence-corrected chi connectivity index (χ3v) is 3.10. The Morgan fingerprint density at radius 1 is 1.35 bits per heavy atom. The van der Waals surface area contributed by atoms with E-state index in [1.165, 1.54) is 0 Å². The lowest BCUT2D eigenvalue weighted by molar-refractivity contribution is -0.121. The first-order valence-corrected chi connectivity index (χ1v) is 7.27. The predicted octanol–water partition coefficient (Wildman–Crippen LogP) is 2.96. The second-order valence-corrected chi connectivity index (χ2v) is 5.20. The van der Waals surface area contributed by atoms with Crippen LogP contribution < -0.4 is 5.32 Å². The minimum Gasteiger partial charge on any atom is -0.387 e. The third kappa shape index (κ3) is 6.57. The summed E-state index contributed by atoms with van der Waals surface area (Å²) in [5.74, 6) is -0.114. The largest absolute Gasteiger partial charge is 0.387 e. The molecular formula is C14H19Cl2NO3. The fourth-order valence-corrected chi connectivity index (χ4v) is 2.21. The van der Waals surface area contributed by atoms with Crippen LogP contribution in [0.2, 0.25) is 10.0 Å². The highest BCUT2D eigenvalue weighted by atomic mass is 35.5. The monoisotopic (exact) mass is 319 g/mol. The van der Waals surface area contributed by atoms with Crippen molar-refractivity contribution in [1.82, 2.24) is 5.32 Å². The highest BCUT2D eigenvalue weighted by Crippen LogP contribution is 2.23. The average molecular weight is 320 g/mol. The van der Waals surface area contributed by atoms with Gasteiger partial charge >= 0.3 is 0 Å². The molecule has 2 N–H and O–H groups in total. The van der Waals surface area contributed by atoms with Crippen LogP contribution in [0.3, 0.4) is 0 Å². The van der Waals surface area contributed by atoms with E-state index in [9.17, 15) is 9.90 Å². The summed E-state index contributed by atoms with van der Waals surface area (Å²) in [6.45, 7) is 3.25. The van der Waals surface area contributed by atoms with E-state index in [0.717, 1.165) is 0 Å². The predicted molar refractivity (Wildman–Crippen MR) is 80.2 cm³/mol. The molecule has 0 aliphatic heterocycles. The molecule has 0 spiro atoms. The molecule has 0 saturated carbocycles. The molecule has 6 heteroatoms. The molecule has 0 saturated heterocycles. The van der Waals surface area contributed by atoms with Crippen LogP contribution in [-0.4, -0.2) is 30.8 Å². The summed E-state index contributed by atoms with van der Waals surface area (Å²) < 4.78 is 5.15. The molecule has 0 unspecified atom stereocenters. The topological polar surface area (TPSA) is 58.6 Å². The Bertz CT molecular complexity index is 420. The lowest BCUT2D eigenvalue weighted by Crippen LogP contribution is -2.28. The SMILES string of the molecule is CCOCCCC(=O)NC[C@@H](O)c1cc(Cl)cc(Cl)c1. The molecule has 0 aromatic heterocycles. The van der Waals surface area contributed by atoms with Crippen molar-refractivity contribution in [3.8, 4) is 0 Å². The number of amides is 1. The second kappa shape index (κ2) is 9.19. The molecule has 0 radical (unpaired) electrons. The quantitative estimate of drug-likeness (QED) is 0.724.